The Morgan fingerprint density at radius 1 is 1.06 bits per heavy atom. The highest BCUT2D eigenvalue weighted by Crippen LogP contribution is 2.39. The van der Waals surface area contributed by atoms with Crippen LogP contribution in [0.25, 0.3) is 10.9 Å². The molecule has 1 aromatic heterocycles. The number of aliphatic hydroxyl groups excluding tert-OH is 1. The number of hydrogen-bond donors (Lipinski definition) is 6. The highest BCUT2D eigenvalue weighted by molar-refractivity contribution is 5.98. The van der Waals surface area contributed by atoms with Crippen LogP contribution in [0.3, 0.4) is 0 Å². The van der Waals surface area contributed by atoms with E-state index >= 15 is 0 Å². The molecule has 2 amide bonds. The molecule has 0 aliphatic heterocycles. The highest BCUT2D eigenvalue weighted by atomic mass is 16.4. The molecule has 1 aliphatic carbocycles. The zero-order chi connectivity index (χ0) is 34.2. The van der Waals surface area contributed by atoms with E-state index in [-0.39, 0.29) is 55.4 Å². The first kappa shape index (κ1) is 34.3. The van der Waals surface area contributed by atoms with Crippen molar-refractivity contribution < 1.29 is 39.3 Å². The van der Waals surface area contributed by atoms with E-state index in [9.17, 15) is 39.0 Å². The third kappa shape index (κ3) is 8.39. The summed E-state index contributed by atoms with van der Waals surface area (Å²) in [5.74, 6) is -1.37. The number of aliphatic hydroxyl groups is 1. The predicted molar refractivity (Wildman–Crippen MR) is 170 cm³/mol. The lowest BCUT2D eigenvalue weighted by Crippen LogP contribution is -2.43. The van der Waals surface area contributed by atoms with E-state index in [1.54, 1.807) is 30.3 Å². The Morgan fingerprint density at radius 2 is 1.77 bits per heavy atom. The Labute approximate surface area is 269 Å². The summed E-state index contributed by atoms with van der Waals surface area (Å²) in [6, 6.07) is 7.72. The number of carboxylic acids is 2. The number of hydrogen-bond acceptors (Lipinski definition) is 9. The van der Waals surface area contributed by atoms with Gasteiger partial charge in [0.25, 0.3) is 11.5 Å². The number of benzene rings is 2. The quantitative estimate of drug-likeness (QED) is 0.130. The lowest BCUT2D eigenvalue weighted by molar-refractivity contribution is -0.143. The molecule has 246 valence electrons. The molecular weight excluding hydrogens is 610 g/mol. The summed E-state index contributed by atoms with van der Waals surface area (Å²) in [6.07, 6.45) is 6.06. The van der Waals surface area contributed by atoms with Gasteiger partial charge >= 0.3 is 11.9 Å². The van der Waals surface area contributed by atoms with Gasteiger partial charge < -0.3 is 35.8 Å². The van der Waals surface area contributed by atoms with Gasteiger partial charge in [-0.1, -0.05) is 5.92 Å². The van der Waals surface area contributed by atoms with E-state index < -0.39 is 48.0 Å². The second-order valence-electron chi connectivity index (χ2n) is 11.2. The molecule has 0 saturated carbocycles. The number of nitrogens with one attached hydrogen (secondary N) is 3. The smallest absolute Gasteiger partial charge is 0.326 e. The van der Waals surface area contributed by atoms with Crippen molar-refractivity contribution in [1.29, 1.82) is 0 Å². The van der Waals surface area contributed by atoms with Gasteiger partial charge in [-0.25, -0.2) is 9.78 Å². The number of carbonyl (C=O) groups is 5. The molecule has 0 spiro atoms. The number of anilines is 1. The number of nitrogens with zero attached hydrogens (tertiary/aromatic N) is 2. The molecular formula is C33H35N5O9. The van der Waals surface area contributed by atoms with Gasteiger partial charge in [0.05, 0.1) is 29.5 Å². The molecule has 3 aromatic rings. The fourth-order valence-electron chi connectivity index (χ4n) is 5.64. The van der Waals surface area contributed by atoms with Crippen molar-refractivity contribution in [3.63, 3.8) is 0 Å². The standard InChI is InChI=1S/C33H35N5O9/c1-3-14-38(27-11-6-20-15-26-23(16-22(20)27)32(45)37-28(17-39)34-26)21-7-4-19(5-8-21)31(44)36-24(18(2)40)9-12-29(41)35-25(33(46)47)10-13-30(42)43/h1,4-5,7-8,15-16,24-25,27,39H,6,9-14,17H2,2H3,(H,35,41)(H,36,44)(H,42,43)(H,46,47)(H,34,37,45)/t24-,25+,27?/m0/s1. The van der Waals surface area contributed by atoms with Crippen molar-refractivity contribution in [2.24, 2.45) is 0 Å². The third-order valence-corrected chi connectivity index (χ3v) is 8.05. The Balaban J connectivity index is 1.44. The topological polar surface area (TPSA) is 219 Å². The summed E-state index contributed by atoms with van der Waals surface area (Å²) in [5.41, 5.74) is 3.08. The van der Waals surface area contributed by atoms with Gasteiger partial charge in [0.2, 0.25) is 5.91 Å². The maximum Gasteiger partial charge on any atom is 0.326 e. The number of aryl methyl sites for hydroxylation is 1. The average molecular weight is 646 g/mol. The van der Waals surface area contributed by atoms with Gasteiger partial charge in [0, 0.05) is 24.1 Å². The van der Waals surface area contributed by atoms with Crippen molar-refractivity contribution in [3.8, 4) is 12.3 Å². The molecule has 1 aliphatic rings. The van der Waals surface area contributed by atoms with Crippen molar-refractivity contribution >= 4 is 46.1 Å². The molecule has 0 radical (unpaired) electrons. The largest absolute Gasteiger partial charge is 0.481 e. The SMILES string of the molecule is C#CCN(c1ccc(C(=O)N[C@@H](CCC(=O)N[C@H](CCC(=O)O)C(=O)O)C(C)=O)cc1)C1CCc2cc3nc(CO)[nH]c(=O)c3cc21. The van der Waals surface area contributed by atoms with Crippen LogP contribution in [0.15, 0.2) is 41.2 Å². The first-order valence-corrected chi connectivity index (χ1v) is 14.9. The maximum absolute atomic E-state index is 13.1. The number of ketones is 1. The summed E-state index contributed by atoms with van der Waals surface area (Å²) < 4.78 is 0. The van der Waals surface area contributed by atoms with E-state index in [1.165, 1.54) is 6.92 Å². The predicted octanol–water partition coefficient (Wildman–Crippen LogP) is 1.44. The second kappa shape index (κ2) is 15.2. The van der Waals surface area contributed by atoms with Crippen molar-refractivity contribution in [3.05, 3.63) is 69.3 Å². The normalized spacial score (nSPS) is 14.8. The minimum atomic E-state index is -1.40. The lowest BCUT2D eigenvalue weighted by Gasteiger charge is -2.30. The van der Waals surface area contributed by atoms with E-state index in [0.717, 1.165) is 29.7 Å². The molecule has 1 unspecified atom stereocenters. The first-order valence-electron chi connectivity index (χ1n) is 14.9. The van der Waals surface area contributed by atoms with Crippen LogP contribution in [0.2, 0.25) is 0 Å². The van der Waals surface area contributed by atoms with Gasteiger partial charge in [-0.2, -0.15) is 0 Å². The molecule has 2 aromatic carbocycles. The number of fused-ring (bicyclic) bond motifs is 2. The van der Waals surface area contributed by atoms with Gasteiger partial charge in [-0.05, 0) is 80.1 Å². The van der Waals surface area contributed by atoms with Crippen LogP contribution in [0.5, 0.6) is 0 Å². The van der Waals surface area contributed by atoms with E-state index in [2.05, 4.69) is 26.5 Å². The van der Waals surface area contributed by atoms with Crippen LogP contribution in [-0.2, 0) is 32.2 Å². The molecule has 4 rings (SSSR count). The number of carbonyl (C=O) groups excluding carboxylic acids is 3. The maximum atomic E-state index is 13.1. The number of rotatable bonds is 15. The molecule has 6 N–H and O–H groups in total. The summed E-state index contributed by atoms with van der Waals surface area (Å²) in [6.45, 7) is 1.13. The Kier molecular flexibility index (Phi) is 11.1. The fourth-order valence-corrected chi connectivity index (χ4v) is 5.64. The third-order valence-electron chi connectivity index (χ3n) is 8.05. The van der Waals surface area contributed by atoms with Crippen LogP contribution >= 0.6 is 0 Å². The van der Waals surface area contributed by atoms with Gasteiger partial charge in [-0.3, -0.25) is 24.0 Å². The van der Waals surface area contributed by atoms with Crippen LogP contribution in [0.4, 0.5) is 5.69 Å². The summed E-state index contributed by atoms with van der Waals surface area (Å²) in [7, 11) is 0. The number of amides is 2. The minimum Gasteiger partial charge on any atom is -0.481 e. The van der Waals surface area contributed by atoms with E-state index in [4.69, 9.17) is 11.5 Å². The van der Waals surface area contributed by atoms with Gasteiger partial charge in [0.15, 0.2) is 5.78 Å². The number of terminal acetylenes is 1. The van der Waals surface area contributed by atoms with E-state index in [1.807, 2.05) is 11.0 Å². The van der Waals surface area contributed by atoms with Crippen LogP contribution in [0, 0.1) is 12.3 Å². The second-order valence-corrected chi connectivity index (χ2v) is 11.2. The number of carboxylic acid groups (broad SMARTS) is 2. The fraction of sp³-hybridized carbons (Fsp3) is 0.364. The molecule has 14 nitrogen and oxygen atoms in total. The van der Waals surface area contributed by atoms with Crippen molar-refractivity contribution in [2.45, 2.75) is 70.2 Å². The number of aromatic nitrogens is 2. The van der Waals surface area contributed by atoms with Crippen LogP contribution in [0.1, 0.15) is 72.4 Å². The number of Topliss-reactive ketones (excluding diaryl/α,β-unsaturated/α-hetero) is 1. The summed E-state index contributed by atoms with van der Waals surface area (Å²) >= 11 is 0. The van der Waals surface area contributed by atoms with Crippen LogP contribution in [-0.4, -0.2) is 73.5 Å². The molecule has 3 atom stereocenters. The number of aliphatic carboxylic acids is 2. The van der Waals surface area contributed by atoms with Crippen molar-refractivity contribution in [1.82, 2.24) is 20.6 Å². The Hall–Kier alpha value is -5.55. The Bertz CT molecular complexity index is 1790. The van der Waals surface area contributed by atoms with Crippen LogP contribution < -0.4 is 21.1 Å². The minimum absolute atomic E-state index is 0.0956. The zero-order valence-corrected chi connectivity index (χ0v) is 25.6. The molecule has 0 bridgehead atoms. The molecule has 0 saturated heterocycles. The molecule has 0 fully saturated rings. The highest BCUT2D eigenvalue weighted by Gasteiger charge is 2.30. The average Bonchev–Trinajstić information content (AvgIpc) is 3.44. The van der Waals surface area contributed by atoms with Gasteiger partial charge in [-0.15, -0.1) is 6.42 Å². The summed E-state index contributed by atoms with van der Waals surface area (Å²) in [4.78, 5) is 81.3. The monoisotopic (exact) mass is 645 g/mol. The lowest BCUT2D eigenvalue weighted by atomic mass is 10.0. The first-order chi connectivity index (χ1) is 22.4. The zero-order valence-electron chi connectivity index (χ0n) is 25.6. The summed E-state index contributed by atoms with van der Waals surface area (Å²) in [5, 5.41) is 32.7. The molecule has 1 heterocycles. The molecule has 14 heteroatoms. The Morgan fingerprint density at radius 3 is 2.38 bits per heavy atom. The number of aromatic amines is 1. The molecule has 47 heavy (non-hydrogen) atoms. The number of H-pyrrole nitrogens is 1. The van der Waals surface area contributed by atoms with Gasteiger partial charge in [0.1, 0.15) is 18.5 Å². The van der Waals surface area contributed by atoms with E-state index in [0.29, 0.717) is 10.9 Å². The van der Waals surface area contributed by atoms with Crippen molar-refractivity contribution in [2.75, 3.05) is 11.4 Å².